The Morgan fingerprint density at radius 3 is 2.72 bits per heavy atom. The van der Waals surface area contributed by atoms with Crippen molar-refractivity contribution < 1.29 is 9.13 Å². The zero-order chi connectivity index (χ0) is 21.0. The summed E-state index contributed by atoms with van der Waals surface area (Å²) in [6, 6.07) is 12.2. The number of hydrogen-bond acceptors (Lipinski definition) is 5. The summed E-state index contributed by atoms with van der Waals surface area (Å²) in [5.41, 5.74) is 3.49. The summed E-state index contributed by atoms with van der Waals surface area (Å²) in [5, 5.41) is 9.96. The first-order valence-electron chi connectivity index (χ1n) is 9.12. The lowest BCUT2D eigenvalue weighted by Crippen LogP contribution is -2.14. The third kappa shape index (κ3) is 4.44. The average Bonchev–Trinajstić information content (AvgIpc) is 3.11. The molecule has 0 fully saturated rings. The fourth-order valence-corrected chi connectivity index (χ4v) is 3.37. The monoisotopic (exact) mass is 408 g/mol. The van der Waals surface area contributed by atoms with Crippen LogP contribution in [-0.4, -0.2) is 29.2 Å². The minimum atomic E-state index is -0.424. The minimum absolute atomic E-state index is 0.226. The van der Waals surface area contributed by atoms with Crippen molar-refractivity contribution in [2.75, 3.05) is 13.6 Å². The van der Waals surface area contributed by atoms with E-state index in [1.807, 2.05) is 37.9 Å². The lowest BCUT2D eigenvalue weighted by molar-refractivity contribution is 0.491. The highest BCUT2D eigenvalue weighted by molar-refractivity contribution is 7.08. The number of rotatable bonds is 6. The summed E-state index contributed by atoms with van der Waals surface area (Å²) >= 11 is 1.04. The molecule has 0 bridgehead atoms. The molecule has 0 aliphatic heterocycles. The van der Waals surface area contributed by atoms with Crippen molar-refractivity contribution in [1.29, 1.82) is 5.26 Å². The molecule has 3 aromatic rings. The van der Waals surface area contributed by atoms with Gasteiger partial charge in [0.25, 0.3) is 0 Å². The van der Waals surface area contributed by atoms with Gasteiger partial charge in [-0.15, -0.1) is 0 Å². The van der Waals surface area contributed by atoms with Crippen LogP contribution in [0.5, 0.6) is 10.8 Å². The van der Waals surface area contributed by atoms with E-state index in [0.717, 1.165) is 34.9 Å². The predicted molar refractivity (Wildman–Crippen MR) is 115 cm³/mol. The van der Waals surface area contributed by atoms with Crippen LogP contribution < -0.4 is 4.74 Å². The van der Waals surface area contributed by atoms with E-state index < -0.39 is 5.82 Å². The number of aromatic nitrogens is 1. The molecule has 2 aromatic carbocycles. The molecule has 148 valence electrons. The van der Waals surface area contributed by atoms with Gasteiger partial charge in [-0.3, -0.25) is 0 Å². The predicted octanol–water partition coefficient (Wildman–Crippen LogP) is 5.84. The second-order valence-electron chi connectivity index (χ2n) is 6.61. The van der Waals surface area contributed by atoms with E-state index in [1.54, 1.807) is 24.5 Å². The van der Waals surface area contributed by atoms with E-state index in [-0.39, 0.29) is 11.1 Å². The third-order valence-corrected chi connectivity index (χ3v) is 5.22. The molecule has 0 unspecified atom stereocenters. The largest absolute Gasteiger partial charge is 0.443 e. The molecule has 0 aliphatic rings. The van der Waals surface area contributed by atoms with Gasteiger partial charge in [0.05, 0.1) is 12.0 Å². The zero-order valence-corrected chi connectivity index (χ0v) is 17.5. The molecule has 1 heterocycles. The molecule has 3 rings (SSSR count). The molecule has 0 saturated carbocycles. The maximum absolute atomic E-state index is 14.1. The van der Waals surface area contributed by atoms with Crippen molar-refractivity contribution >= 4 is 23.6 Å². The van der Waals surface area contributed by atoms with Crippen molar-refractivity contribution in [2.45, 2.75) is 20.8 Å². The SMILES string of the molecule is CCN(C)/C=N\c1cc(C)c(Oc2snc(-c3ccccc3F)c2C#N)cc1C. The molecule has 5 nitrogen and oxygen atoms in total. The van der Waals surface area contributed by atoms with Crippen LogP contribution in [0.1, 0.15) is 23.6 Å². The van der Waals surface area contributed by atoms with Gasteiger partial charge in [0.15, 0.2) is 0 Å². The number of benzene rings is 2. The Hall–Kier alpha value is -3.24. The smallest absolute Gasteiger partial charge is 0.218 e. The Labute approximate surface area is 173 Å². The van der Waals surface area contributed by atoms with Gasteiger partial charge in [-0.25, -0.2) is 9.38 Å². The molecule has 0 amide bonds. The van der Waals surface area contributed by atoms with E-state index in [9.17, 15) is 9.65 Å². The molecule has 7 heteroatoms. The van der Waals surface area contributed by atoms with Gasteiger partial charge in [0.1, 0.15) is 28.9 Å². The van der Waals surface area contributed by atoms with Gasteiger partial charge >= 0.3 is 0 Å². The van der Waals surface area contributed by atoms with Crippen molar-refractivity contribution in [3.05, 3.63) is 58.9 Å². The molecule has 0 spiro atoms. The Bertz CT molecular complexity index is 1100. The zero-order valence-electron chi connectivity index (χ0n) is 16.7. The first-order valence-corrected chi connectivity index (χ1v) is 9.90. The standard InChI is InChI=1S/C22H21FN4OS/c1-5-27(4)13-25-19-10-15(3)20(11-14(19)2)28-22-17(12-24)21(26-29-22)16-8-6-7-9-18(16)23/h6-11,13H,5H2,1-4H3/b25-13-. The maximum atomic E-state index is 14.1. The number of ether oxygens (including phenoxy) is 1. The van der Waals surface area contributed by atoms with E-state index in [0.29, 0.717) is 16.5 Å². The lowest BCUT2D eigenvalue weighted by atomic mass is 10.1. The summed E-state index contributed by atoms with van der Waals surface area (Å²) in [6.45, 7) is 6.80. The number of halogens is 1. The maximum Gasteiger partial charge on any atom is 0.218 e. The number of aliphatic imine (C=N–C) groups is 1. The number of nitrogens with zero attached hydrogens (tertiary/aromatic N) is 4. The van der Waals surface area contributed by atoms with Crippen LogP contribution >= 0.6 is 11.5 Å². The van der Waals surface area contributed by atoms with Crippen LogP contribution in [-0.2, 0) is 0 Å². The second-order valence-corrected chi connectivity index (χ2v) is 7.35. The fraction of sp³-hybridized carbons (Fsp3) is 0.227. The number of nitriles is 1. The highest BCUT2D eigenvalue weighted by atomic mass is 32.1. The first-order chi connectivity index (χ1) is 13.9. The Balaban J connectivity index is 1.93. The van der Waals surface area contributed by atoms with Crippen LogP contribution in [0.25, 0.3) is 11.3 Å². The molecule has 0 atom stereocenters. The average molecular weight is 409 g/mol. The Kier molecular flexibility index (Phi) is 6.25. The van der Waals surface area contributed by atoms with Gasteiger partial charge in [0, 0.05) is 30.7 Å². The van der Waals surface area contributed by atoms with Crippen LogP contribution in [0, 0.1) is 31.0 Å². The third-order valence-electron chi connectivity index (χ3n) is 4.49. The summed E-state index contributed by atoms with van der Waals surface area (Å²) in [4.78, 5) is 6.50. The van der Waals surface area contributed by atoms with E-state index in [4.69, 9.17) is 4.74 Å². The highest BCUT2D eigenvalue weighted by Gasteiger charge is 2.20. The van der Waals surface area contributed by atoms with Gasteiger partial charge in [-0.2, -0.15) is 9.64 Å². The molecule has 0 saturated heterocycles. The molecule has 1 aromatic heterocycles. The summed E-state index contributed by atoms with van der Waals surface area (Å²) in [7, 11) is 1.96. The number of hydrogen-bond donors (Lipinski definition) is 0. The van der Waals surface area contributed by atoms with Crippen LogP contribution in [0.2, 0.25) is 0 Å². The second kappa shape index (κ2) is 8.84. The van der Waals surface area contributed by atoms with E-state index >= 15 is 0 Å². The topological polar surface area (TPSA) is 61.5 Å². The Morgan fingerprint density at radius 1 is 1.28 bits per heavy atom. The lowest BCUT2D eigenvalue weighted by Gasteiger charge is -2.12. The minimum Gasteiger partial charge on any atom is -0.443 e. The molecule has 0 radical (unpaired) electrons. The summed E-state index contributed by atoms with van der Waals surface area (Å²) < 4.78 is 24.4. The van der Waals surface area contributed by atoms with Crippen molar-refractivity contribution in [2.24, 2.45) is 4.99 Å². The van der Waals surface area contributed by atoms with Crippen LogP contribution in [0.4, 0.5) is 10.1 Å². The quantitative estimate of drug-likeness (QED) is 0.380. The first kappa shape index (κ1) is 20.5. The van der Waals surface area contributed by atoms with Crippen molar-refractivity contribution in [3.8, 4) is 28.1 Å². The molecule has 29 heavy (non-hydrogen) atoms. The van der Waals surface area contributed by atoms with E-state index in [1.165, 1.54) is 6.07 Å². The fourth-order valence-electron chi connectivity index (χ4n) is 2.65. The normalized spacial score (nSPS) is 10.9. The van der Waals surface area contributed by atoms with Crippen molar-refractivity contribution in [1.82, 2.24) is 9.27 Å². The highest BCUT2D eigenvalue weighted by Crippen LogP contribution is 2.39. The van der Waals surface area contributed by atoms with Gasteiger partial charge in [-0.05, 0) is 56.2 Å². The van der Waals surface area contributed by atoms with E-state index in [2.05, 4.69) is 22.4 Å². The molecule has 0 N–H and O–H groups in total. The van der Waals surface area contributed by atoms with Gasteiger partial charge in [0.2, 0.25) is 5.06 Å². The number of aryl methyl sites for hydroxylation is 2. The van der Waals surface area contributed by atoms with Crippen LogP contribution in [0.15, 0.2) is 41.4 Å². The summed E-state index contributed by atoms with van der Waals surface area (Å²) in [6.07, 6.45) is 1.79. The van der Waals surface area contributed by atoms with Gasteiger partial charge < -0.3 is 9.64 Å². The Morgan fingerprint density at radius 2 is 2.03 bits per heavy atom. The van der Waals surface area contributed by atoms with Gasteiger partial charge in [-0.1, -0.05) is 12.1 Å². The van der Waals surface area contributed by atoms with Crippen molar-refractivity contribution in [3.63, 3.8) is 0 Å². The van der Waals surface area contributed by atoms with Crippen LogP contribution in [0.3, 0.4) is 0 Å². The molecular formula is C22H21FN4OS. The summed E-state index contributed by atoms with van der Waals surface area (Å²) in [5.74, 6) is 0.192. The molecular weight excluding hydrogens is 387 g/mol. The molecule has 0 aliphatic carbocycles.